The van der Waals surface area contributed by atoms with Crippen LogP contribution >= 0.6 is 0 Å². The van der Waals surface area contributed by atoms with Gasteiger partial charge in [-0.25, -0.2) is 10.0 Å². The van der Waals surface area contributed by atoms with Crippen LogP contribution in [0.5, 0.6) is 0 Å². The minimum Gasteiger partial charge on any atom is -0.382 e. The Morgan fingerprint density at radius 1 is 0.974 bits per heavy atom. The van der Waals surface area contributed by atoms with E-state index in [1.807, 2.05) is 0 Å². The zero-order chi connectivity index (χ0) is 29.1. The summed E-state index contributed by atoms with van der Waals surface area (Å²) in [5.74, 6) is -2.88. The number of amides is 3. The Bertz CT molecular complexity index is 1200. The standard InChI is InChI=1S/C29H34F3N3O4/c1-18(2)25-28(39)35(24(22-14-10-7-11-15-22)17-33(25)27(38)19(3)4)34(20(5)36)23(26(37)29(30,31)32)16-21-12-8-6-9-13-21/h6-15,17-19,23,25-26,37H,16H2,1-5H3. The molecule has 0 saturated heterocycles. The third kappa shape index (κ3) is 6.50. The van der Waals surface area contributed by atoms with Gasteiger partial charge in [-0.15, -0.1) is 0 Å². The highest BCUT2D eigenvalue weighted by Gasteiger charge is 2.51. The number of carbonyl (C=O) groups is 3. The number of halogens is 3. The van der Waals surface area contributed by atoms with Crippen molar-refractivity contribution in [2.75, 3.05) is 0 Å². The monoisotopic (exact) mass is 545 g/mol. The summed E-state index contributed by atoms with van der Waals surface area (Å²) >= 11 is 0. The Balaban J connectivity index is 2.29. The zero-order valence-corrected chi connectivity index (χ0v) is 22.6. The van der Waals surface area contributed by atoms with Crippen molar-refractivity contribution in [3.63, 3.8) is 0 Å². The van der Waals surface area contributed by atoms with E-state index >= 15 is 0 Å². The van der Waals surface area contributed by atoms with Crippen molar-refractivity contribution in [3.05, 3.63) is 78.0 Å². The third-order valence-corrected chi connectivity index (χ3v) is 6.54. The van der Waals surface area contributed by atoms with Crippen LogP contribution in [0.1, 0.15) is 45.7 Å². The summed E-state index contributed by atoms with van der Waals surface area (Å²) in [6.07, 6.45) is -7.01. The molecular weight excluding hydrogens is 511 g/mol. The molecule has 0 saturated carbocycles. The maximum atomic E-state index is 14.2. The van der Waals surface area contributed by atoms with E-state index in [9.17, 15) is 32.7 Å². The molecule has 1 aliphatic heterocycles. The van der Waals surface area contributed by atoms with Gasteiger partial charge in [0.15, 0.2) is 6.10 Å². The van der Waals surface area contributed by atoms with Gasteiger partial charge in [-0.3, -0.25) is 14.4 Å². The van der Waals surface area contributed by atoms with Gasteiger partial charge in [0.05, 0.1) is 11.7 Å². The highest BCUT2D eigenvalue weighted by atomic mass is 19.4. The molecule has 0 fully saturated rings. The Labute approximate surface area is 226 Å². The lowest BCUT2D eigenvalue weighted by atomic mass is 9.95. The second kappa shape index (κ2) is 12.0. The molecule has 0 aromatic heterocycles. The zero-order valence-electron chi connectivity index (χ0n) is 22.6. The SMILES string of the molecule is CC(=O)N(C(Cc1ccccc1)C(O)C(F)(F)F)N1C(=O)C(C(C)C)N(C(=O)C(C)C)C=C1c1ccccc1. The molecule has 210 valence electrons. The van der Waals surface area contributed by atoms with E-state index < -0.39 is 48.0 Å². The Kier molecular flexibility index (Phi) is 9.22. The highest BCUT2D eigenvalue weighted by Crippen LogP contribution is 2.36. The van der Waals surface area contributed by atoms with Gasteiger partial charge >= 0.3 is 6.18 Å². The smallest absolute Gasteiger partial charge is 0.382 e. The van der Waals surface area contributed by atoms with E-state index in [0.29, 0.717) is 16.1 Å². The minimum absolute atomic E-state index is 0.0501. The van der Waals surface area contributed by atoms with E-state index in [-0.39, 0.29) is 18.0 Å². The molecule has 10 heteroatoms. The van der Waals surface area contributed by atoms with Gasteiger partial charge in [-0.05, 0) is 17.9 Å². The topological polar surface area (TPSA) is 81.2 Å². The van der Waals surface area contributed by atoms with Crippen molar-refractivity contribution < 1.29 is 32.7 Å². The van der Waals surface area contributed by atoms with Gasteiger partial charge in [-0.1, -0.05) is 88.4 Å². The van der Waals surface area contributed by atoms with Crippen molar-refractivity contribution in [2.24, 2.45) is 11.8 Å². The third-order valence-electron chi connectivity index (χ3n) is 6.54. The number of hydrazine groups is 1. The summed E-state index contributed by atoms with van der Waals surface area (Å²) in [5.41, 5.74) is 0.888. The first kappa shape index (κ1) is 29.9. The number of nitrogens with zero attached hydrogens (tertiary/aromatic N) is 3. The van der Waals surface area contributed by atoms with Crippen LogP contribution in [-0.2, 0) is 20.8 Å². The first-order chi connectivity index (χ1) is 18.3. The summed E-state index contributed by atoms with van der Waals surface area (Å²) in [4.78, 5) is 41.9. The molecule has 7 nitrogen and oxygen atoms in total. The average molecular weight is 546 g/mol. The molecule has 0 spiro atoms. The highest BCUT2D eigenvalue weighted by molar-refractivity contribution is 5.98. The van der Waals surface area contributed by atoms with Crippen LogP contribution in [0.25, 0.3) is 5.70 Å². The maximum Gasteiger partial charge on any atom is 0.416 e. The second-order valence-electron chi connectivity index (χ2n) is 10.2. The largest absolute Gasteiger partial charge is 0.416 e. The van der Waals surface area contributed by atoms with Gasteiger partial charge in [0, 0.05) is 24.6 Å². The Morgan fingerprint density at radius 3 is 1.97 bits per heavy atom. The number of carbonyl (C=O) groups excluding carboxylic acids is 3. The molecule has 1 N–H and O–H groups in total. The molecule has 2 aromatic carbocycles. The van der Waals surface area contributed by atoms with Gasteiger partial charge < -0.3 is 10.0 Å². The summed E-state index contributed by atoms with van der Waals surface area (Å²) in [5, 5.41) is 12.2. The quantitative estimate of drug-likeness (QED) is 0.525. The predicted molar refractivity (Wildman–Crippen MR) is 140 cm³/mol. The molecule has 0 radical (unpaired) electrons. The lowest BCUT2D eigenvalue weighted by Crippen LogP contribution is -2.65. The number of rotatable bonds is 8. The number of hydrogen-bond acceptors (Lipinski definition) is 4. The summed E-state index contributed by atoms with van der Waals surface area (Å²) in [7, 11) is 0. The number of hydrogen-bond donors (Lipinski definition) is 1. The van der Waals surface area contributed by atoms with Crippen molar-refractivity contribution in [3.8, 4) is 0 Å². The van der Waals surface area contributed by atoms with Crippen LogP contribution in [0.2, 0.25) is 0 Å². The van der Waals surface area contributed by atoms with Gasteiger partial charge in [0.1, 0.15) is 6.04 Å². The first-order valence-corrected chi connectivity index (χ1v) is 12.8. The summed E-state index contributed by atoms with van der Waals surface area (Å²) in [6, 6.07) is 13.5. The van der Waals surface area contributed by atoms with Crippen LogP contribution in [0.3, 0.4) is 0 Å². The molecule has 2 aromatic rings. The van der Waals surface area contributed by atoms with E-state index in [1.165, 1.54) is 11.1 Å². The summed E-state index contributed by atoms with van der Waals surface area (Å²) < 4.78 is 42.0. The maximum absolute atomic E-state index is 14.2. The molecule has 0 aliphatic carbocycles. The van der Waals surface area contributed by atoms with Crippen molar-refractivity contribution in [2.45, 2.75) is 65.4 Å². The molecular formula is C29H34F3N3O4. The van der Waals surface area contributed by atoms with Crippen LogP contribution in [-0.4, -0.2) is 62.1 Å². The van der Waals surface area contributed by atoms with E-state index in [2.05, 4.69) is 0 Å². The van der Waals surface area contributed by atoms with Crippen molar-refractivity contribution in [1.82, 2.24) is 14.9 Å². The fourth-order valence-corrected chi connectivity index (χ4v) is 4.69. The molecule has 1 heterocycles. The number of benzene rings is 2. The van der Waals surface area contributed by atoms with Gasteiger partial charge in [0.2, 0.25) is 11.8 Å². The molecule has 0 bridgehead atoms. The average Bonchev–Trinajstić information content (AvgIpc) is 2.88. The Morgan fingerprint density at radius 2 is 1.51 bits per heavy atom. The fourth-order valence-electron chi connectivity index (χ4n) is 4.69. The number of aliphatic hydroxyl groups is 1. The van der Waals surface area contributed by atoms with Crippen LogP contribution in [0.4, 0.5) is 13.2 Å². The molecule has 3 atom stereocenters. The van der Waals surface area contributed by atoms with E-state index in [0.717, 1.165) is 11.9 Å². The van der Waals surface area contributed by atoms with Crippen molar-refractivity contribution >= 4 is 23.4 Å². The summed E-state index contributed by atoms with van der Waals surface area (Å²) in [6.45, 7) is 7.85. The Hall–Kier alpha value is -3.66. The van der Waals surface area contributed by atoms with E-state index in [1.54, 1.807) is 88.4 Å². The molecule has 39 heavy (non-hydrogen) atoms. The van der Waals surface area contributed by atoms with Gasteiger partial charge in [-0.2, -0.15) is 13.2 Å². The second-order valence-corrected chi connectivity index (χ2v) is 10.2. The first-order valence-electron chi connectivity index (χ1n) is 12.8. The molecule has 1 aliphatic rings. The van der Waals surface area contributed by atoms with Crippen LogP contribution < -0.4 is 0 Å². The van der Waals surface area contributed by atoms with Crippen LogP contribution in [0.15, 0.2) is 66.9 Å². The predicted octanol–water partition coefficient (Wildman–Crippen LogP) is 4.63. The molecule has 3 amide bonds. The van der Waals surface area contributed by atoms with Gasteiger partial charge in [0.25, 0.3) is 5.91 Å². The lowest BCUT2D eigenvalue weighted by Gasteiger charge is -2.48. The van der Waals surface area contributed by atoms with Crippen LogP contribution in [0, 0.1) is 11.8 Å². The molecule has 3 unspecified atom stereocenters. The number of aliphatic hydroxyl groups excluding tert-OH is 1. The van der Waals surface area contributed by atoms with E-state index in [4.69, 9.17) is 0 Å². The lowest BCUT2D eigenvalue weighted by molar-refractivity contribution is -0.232. The normalized spacial score (nSPS) is 17.8. The number of alkyl halides is 3. The molecule has 3 rings (SSSR count). The minimum atomic E-state index is -5.08. The van der Waals surface area contributed by atoms with Crippen molar-refractivity contribution in [1.29, 1.82) is 0 Å². The fraction of sp³-hybridized carbons (Fsp3) is 0.414.